The van der Waals surface area contributed by atoms with Crippen molar-refractivity contribution in [2.24, 2.45) is 0 Å². The summed E-state index contributed by atoms with van der Waals surface area (Å²) < 4.78 is 1.40. The lowest BCUT2D eigenvalue weighted by molar-refractivity contribution is -0.383. The molecule has 0 amide bonds. The lowest BCUT2D eigenvalue weighted by Gasteiger charge is -2.10. The fourth-order valence-electron chi connectivity index (χ4n) is 5.58. The van der Waals surface area contributed by atoms with Gasteiger partial charge in [0.2, 0.25) is 0 Å². The van der Waals surface area contributed by atoms with Gasteiger partial charge in [-0.1, -0.05) is 94.4 Å². The van der Waals surface area contributed by atoms with Crippen LogP contribution in [0.25, 0.3) is 38.2 Å². The zero-order valence-electron chi connectivity index (χ0n) is 22.7. The number of nitrogens with zero attached hydrogens (tertiary/aromatic N) is 3. The molecule has 2 N–H and O–H groups in total. The van der Waals surface area contributed by atoms with E-state index in [4.69, 9.17) is 0 Å². The van der Waals surface area contributed by atoms with Gasteiger partial charge in [-0.15, -0.1) is 0 Å². The predicted molar refractivity (Wildman–Crippen MR) is 160 cm³/mol. The Hall–Kier alpha value is -4.00. The lowest BCUT2D eigenvalue weighted by atomic mass is 9.76. The van der Waals surface area contributed by atoms with Gasteiger partial charge in [-0.3, -0.25) is 19.3 Å². The summed E-state index contributed by atoms with van der Waals surface area (Å²) in [6.07, 6.45) is 11.7. The van der Waals surface area contributed by atoms with E-state index in [9.17, 15) is 25.0 Å². The maximum atomic E-state index is 13.7. The molecule has 8 nitrogen and oxygen atoms in total. The SMILES string of the molecule is CCCCCCCCCCCC#Cc1cc([N+](=O)[O-])c2nc3c4cccc5c(B(O)O)ccc(c(=O)n3c2c1)c54. The van der Waals surface area contributed by atoms with E-state index in [-0.39, 0.29) is 27.9 Å². The second kappa shape index (κ2) is 12.0. The van der Waals surface area contributed by atoms with Gasteiger partial charge in [-0.05, 0) is 29.4 Å². The van der Waals surface area contributed by atoms with Gasteiger partial charge in [0.05, 0.1) is 10.4 Å². The Labute approximate surface area is 232 Å². The molecule has 0 bridgehead atoms. The lowest BCUT2D eigenvalue weighted by Crippen LogP contribution is -2.31. The second-order valence-electron chi connectivity index (χ2n) is 10.4. The van der Waals surface area contributed by atoms with Crippen LogP contribution in [0.3, 0.4) is 0 Å². The Balaban J connectivity index is 1.48. The molecule has 0 fully saturated rings. The van der Waals surface area contributed by atoms with Crippen molar-refractivity contribution in [2.45, 2.75) is 71.1 Å². The molecule has 5 aromatic rings. The van der Waals surface area contributed by atoms with Crippen LogP contribution in [0.1, 0.15) is 76.7 Å². The number of rotatable bonds is 11. The fraction of sp³-hybridized carbons (Fsp3) is 0.355. The fourth-order valence-corrected chi connectivity index (χ4v) is 5.58. The highest BCUT2D eigenvalue weighted by molar-refractivity contribution is 6.62. The number of non-ortho nitro benzene ring substituents is 1. The largest absolute Gasteiger partial charge is 0.489 e. The van der Waals surface area contributed by atoms with Gasteiger partial charge in [0.15, 0.2) is 5.52 Å². The summed E-state index contributed by atoms with van der Waals surface area (Å²) in [5.41, 5.74) is 0.879. The van der Waals surface area contributed by atoms with Crippen LogP contribution >= 0.6 is 0 Å². The Morgan fingerprint density at radius 2 is 1.65 bits per heavy atom. The predicted octanol–water partition coefficient (Wildman–Crippen LogP) is 5.45. The molecule has 0 saturated heterocycles. The van der Waals surface area contributed by atoms with Crippen molar-refractivity contribution >= 4 is 56.5 Å². The number of pyridine rings is 1. The minimum atomic E-state index is -1.71. The molecule has 0 unspecified atom stereocenters. The van der Waals surface area contributed by atoms with Crippen molar-refractivity contribution in [1.29, 1.82) is 0 Å². The normalized spacial score (nSPS) is 11.5. The van der Waals surface area contributed by atoms with Crippen LogP contribution in [-0.4, -0.2) is 31.5 Å². The summed E-state index contributed by atoms with van der Waals surface area (Å²) in [6.45, 7) is 2.22. The van der Waals surface area contributed by atoms with Crippen LogP contribution in [0, 0.1) is 22.0 Å². The van der Waals surface area contributed by atoms with E-state index < -0.39 is 12.0 Å². The maximum Gasteiger partial charge on any atom is 0.489 e. The third-order valence-electron chi connectivity index (χ3n) is 7.60. The van der Waals surface area contributed by atoms with Gasteiger partial charge in [0.1, 0.15) is 5.65 Å². The van der Waals surface area contributed by atoms with Crippen molar-refractivity contribution < 1.29 is 15.0 Å². The van der Waals surface area contributed by atoms with Gasteiger partial charge in [0.25, 0.3) is 11.2 Å². The Bertz CT molecular complexity index is 1820. The van der Waals surface area contributed by atoms with Gasteiger partial charge < -0.3 is 10.0 Å². The number of aromatic nitrogens is 2. The molecule has 2 aromatic heterocycles. The number of fused-ring (bicyclic) bond motifs is 4. The molecular formula is C31H32BN3O5. The highest BCUT2D eigenvalue weighted by Gasteiger charge is 2.24. The zero-order valence-corrected chi connectivity index (χ0v) is 22.7. The van der Waals surface area contributed by atoms with Crippen LogP contribution in [0.5, 0.6) is 0 Å². The molecule has 0 spiro atoms. The van der Waals surface area contributed by atoms with Gasteiger partial charge in [-0.25, -0.2) is 4.98 Å². The first kappa shape index (κ1) is 27.6. The molecule has 0 aliphatic carbocycles. The van der Waals surface area contributed by atoms with E-state index in [1.54, 1.807) is 30.3 Å². The second-order valence-corrected chi connectivity index (χ2v) is 10.4. The minimum absolute atomic E-state index is 0.116. The summed E-state index contributed by atoms with van der Waals surface area (Å²) in [5, 5.41) is 33.7. The maximum absolute atomic E-state index is 13.7. The van der Waals surface area contributed by atoms with Crippen LogP contribution in [0.2, 0.25) is 0 Å². The highest BCUT2D eigenvalue weighted by Crippen LogP contribution is 2.32. The summed E-state index contributed by atoms with van der Waals surface area (Å²) in [7, 11) is -1.71. The van der Waals surface area contributed by atoms with E-state index in [2.05, 4.69) is 23.7 Å². The molecule has 9 heteroatoms. The Morgan fingerprint density at radius 3 is 2.35 bits per heavy atom. The highest BCUT2D eigenvalue weighted by atomic mass is 16.6. The average Bonchev–Trinajstić information content (AvgIpc) is 3.33. The zero-order chi connectivity index (χ0) is 28.2. The van der Waals surface area contributed by atoms with Crippen molar-refractivity contribution in [3.63, 3.8) is 0 Å². The quantitative estimate of drug-likeness (QED) is 0.0761. The van der Waals surface area contributed by atoms with Crippen molar-refractivity contribution in [3.8, 4) is 11.8 Å². The number of nitro benzene ring substituents is 1. The van der Waals surface area contributed by atoms with E-state index >= 15 is 0 Å². The molecule has 204 valence electrons. The van der Waals surface area contributed by atoms with E-state index in [1.165, 1.54) is 61.5 Å². The number of imidazole rings is 1. The van der Waals surface area contributed by atoms with Gasteiger partial charge in [-0.2, -0.15) is 0 Å². The number of nitro groups is 1. The van der Waals surface area contributed by atoms with Crippen LogP contribution < -0.4 is 11.0 Å². The molecule has 0 aliphatic heterocycles. The smallest absolute Gasteiger partial charge is 0.423 e. The van der Waals surface area contributed by atoms with Crippen molar-refractivity contribution in [3.05, 3.63) is 68.5 Å². The van der Waals surface area contributed by atoms with Gasteiger partial charge >= 0.3 is 7.12 Å². The van der Waals surface area contributed by atoms with Gasteiger partial charge in [0, 0.05) is 34.2 Å². The number of hydrogen-bond acceptors (Lipinski definition) is 6. The molecule has 0 saturated carbocycles. The molecule has 0 radical (unpaired) electrons. The van der Waals surface area contributed by atoms with Crippen molar-refractivity contribution in [1.82, 2.24) is 9.38 Å². The van der Waals surface area contributed by atoms with E-state index in [1.807, 2.05) is 0 Å². The Kier molecular flexibility index (Phi) is 8.29. The van der Waals surface area contributed by atoms with Crippen LogP contribution in [0.4, 0.5) is 5.69 Å². The number of benzene rings is 3. The van der Waals surface area contributed by atoms with E-state index in [0.717, 1.165) is 12.8 Å². The summed E-state index contributed by atoms with van der Waals surface area (Å²) in [4.78, 5) is 29.8. The first-order valence-corrected chi connectivity index (χ1v) is 14.1. The molecule has 0 aliphatic rings. The van der Waals surface area contributed by atoms with Crippen molar-refractivity contribution in [2.75, 3.05) is 0 Å². The Morgan fingerprint density at radius 1 is 0.950 bits per heavy atom. The third kappa shape index (κ3) is 5.25. The first-order valence-electron chi connectivity index (χ1n) is 14.1. The molecule has 40 heavy (non-hydrogen) atoms. The topological polar surface area (TPSA) is 118 Å². The number of unbranched alkanes of at least 4 members (excludes halogenated alkanes) is 9. The summed E-state index contributed by atoms with van der Waals surface area (Å²) >= 11 is 0. The van der Waals surface area contributed by atoms with E-state index in [0.29, 0.717) is 39.0 Å². The molecule has 3 aromatic carbocycles. The minimum Gasteiger partial charge on any atom is -0.423 e. The molecular weight excluding hydrogens is 505 g/mol. The van der Waals surface area contributed by atoms with Crippen LogP contribution in [0.15, 0.2) is 47.3 Å². The first-order chi connectivity index (χ1) is 19.4. The van der Waals surface area contributed by atoms with Crippen LogP contribution in [-0.2, 0) is 0 Å². The average molecular weight is 537 g/mol. The number of hydrogen-bond donors (Lipinski definition) is 2. The third-order valence-corrected chi connectivity index (χ3v) is 7.60. The monoisotopic (exact) mass is 537 g/mol. The summed E-state index contributed by atoms with van der Waals surface area (Å²) in [5.74, 6) is 6.21. The molecule has 0 atom stereocenters. The standard InChI is InChI=1S/C31H32BN3O5/c1-2-3-4-5-6-7-8-9-10-11-12-14-21-19-26-29(27(20-21)35(39)40)33-30-23-16-13-15-22-25(32(37)38)18-17-24(28(22)23)31(36)34(26)30/h13,15-20,37-38H,2-11H2,1H3. The molecule has 2 heterocycles. The molecule has 5 rings (SSSR count). The summed E-state index contributed by atoms with van der Waals surface area (Å²) in [6, 6.07) is 11.4.